The summed E-state index contributed by atoms with van der Waals surface area (Å²) in [5, 5.41) is 4.53. The van der Waals surface area contributed by atoms with Gasteiger partial charge in [0.15, 0.2) is 0 Å². The van der Waals surface area contributed by atoms with Crippen molar-refractivity contribution in [2.24, 2.45) is 0 Å². The smallest absolute Gasteiger partial charge is 0.410 e. The number of benzene rings is 1. The van der Waals surface area contributed by atoms with Gasteiger partial charge in [-0.05, 0) is 37.7 Å². The number of hydrogen-bond donors (Lipinski definition) is 1. The molecule has 10 nitrogen and oxygen atoms in total. The van der Waals surface area contributed by atoms with Crippen molar-refractivity contribution in [2.45, 2.75) is 148 Å². The Morgan fingerprint density at radius 2 is 1.41 bits per heavy atom. The van der Waals surface area contributed by atoms with E-state index < -0.39 is 0 Å². The second-order valence-electron chi connectivity index (χ2n) is 14.6. The fraction of sp³-hybridized carbons (Fsp3) is 0.780. The molecule has 2 aliphatic rings. The van der Waals surface area contributed by atoms with E-state index in [4.69, 9.17) is 9.57 Å². The number of piperidine rings is 1. The second-order valence-corrected chi connectivity index (χ2v) is 14.6. The topological polar surface area (TPSA) is 94.7 Å². The summed E-state index contributed by atoms with van der Waals surface area (Å²) in [6, 6.07) is 9.86. The highest BCUT2D eigenvalue weighted by molar-refractivity contribution is 5.74. The zero-order chi connectivity index (χ0) is 36.2. The molecule has 0 spiro atoms. The van der Waals surface area contributed by atoms with Gasteiger partial charge in [-0.2, -0.15) is 0 Å². The molecule has 2 aliphatic heterocycles. The minimum atomic E-state index is -0.290. The number of nitrogens with zero attached hydrogens (tertiary/aromatic N) is 4. The molecule has 4 amide bonds. The van der Waals surface area contributed by atoms with Gasteiger partial charge < -0.3 is 19.9 Å². The van der Waals surface area contributed by atoms with Gasteiger partial charge in [-0.25, -0.2) is 14.7 Å². The average molecular weight is 714 g/mol. The van der Waals surface area contributed by atoms with Crippen LogP contribution in [0.25, 0.3) is 0 Å². The number of likely N-dealkylation sites (tertiary alicyclic amines) is 1. The standard InChI is InChI=1S/C41H71N5O5/c1-2-3-4-5-6-7-8-9-10-11-12-13-14-15-16-21-27-42-40(48)46-28-22-20-25-39(46)26-35-51-45(37-47)34-31-43-29-32-44(33-30-43)41(49)50-36-38-23-18-17-19-24-38/h17-19,23-24,37,39H,2-16,20-22,25-36H2,1H3,(H,42,48). The van der Waals surface area contributed by atoms with Gasteiger partial charge in [0.2, 0.25) is 6.41 Å². The Labute approximate surface area is 309 Å². The van der Waals surface area contributed by atoms with Crippen LogP contribution in [-0.4, -0.2) is 103 Å². The van der Waals surface area contributed by atoms with Crippen LogP contribution in [0.5, 0.6) is 0 Å². The molecule has 0 bridgehead atoms. The van der Waals surface area contributed by atoms with Crippen molar-refractivity contribution in [1.82, 2.24) is 25.1 Å². The van der Waals surface area contributed by atoms with Crippen LogP contribution in [0.2, 0.25) is 0 Å². The molecule has 2 heterocycles. The molecule has 10 heteroatoms. The Hall–Kier alpha value is -2.85. The van der Waals surface area contributed by atoms with E-state index in [1.165, 1.54) is 101 Å². The molecule has 0 radical (unpaired) electrons. The first kappa shape index (κ1) is 42.6. The molecule has 1 unspecified atom stereocenters. The monoisotopic (exact) mass is 714 g/mol. The van der Waals surface area contributed by atoms with Crippen LogP contribution < -0.4 is 5.32 Å². The number of hydroxylamine groups is 2. The van der Waals surface area contributed by atoms with Gasteiger partial charge in [0, 0.05) is 51.9 Å². The summed E-state index contributed by atoms with van der Waals surface area (Å²) in [6.45, 7) is 8.21. The first-order valence-electron chi connectivity index (χ1n) is 20.7. The minimum Gasteiger partial charge on any atom is -0.445 e. The number of unbranched alkanes of at least 4 members (excludes halogenated alkanes) is 15. The highest BCUT2D eigenvalue weighted by Crippen LogP contribution is 2.20. The van der Waals surface area contributed by atoms with Crippen LogP contribution in [-0.2, 0) is 21.0 Å². The van der Waals surface area contributed by atoms with Crippen LogP contribution in [0.15, 0.2) is 30.3 Å². The minimum absolute atomic E-state index is 0.0380. The van der Waals surface area contributed by atoms with E-state index in [2.05, 4.69) is 17.1 Å². The molecule has 0 aromatic heterocycles. The normalized spacial score (nSPS) is 16.6. The third kappa shape index (κ3) is 19.0. The van der Waals surface area contributed by atoms with Crippen LogP contribution in [0.4, 0.5) is 9.59 Å². The van der Waals surface area contributed by atoms with E-state index in [1.54, 1.807) is 4.90 Å². The van der Waals surface area contributed by atoms with Crippen LogP contribution in [0, 0.1) is 0 Å². The molecule has 51 heavy (non-hydrogen) atoms. The number of urea groups is 1. The van der Waals surface area contributed by atoms with E-state index in [1.807, 2.05) is 35.2 Å². The number of carbonyl (C=O) groups excluding carboxylic acids is 3. The number of hydrogen-bond acceptors (Lipinski definition) is 6. The van der Waals surface area contributed by atoms with Crippen molar-refractivity contribution in [3.05, 3.63) is 35.9 Å². The zero-order valence-corrected chi connectivity index (χ0v) is 32.1. The van der Waals surface area contributed by atoms with Crippen molar-refractivity contribution in [2.75, 3.05) is 59.0 Å². The predicted octanol–water partition coefficient (Wildman–Crippen LogP) is 8.55. The van der Waals surface area contributed by atoms with Gasteiger partial charge in [-0.3, -0.25) is 14.5 Å². The van der Waals surface area contributed by atoms with Gasteiger partial charge in [0.05, 0.1) is 13.2 Å². The first-order chi connectivity index (χ1) is 25.1. The third-order valence-corrected chi connectivity index (χ3v) is 10.5. The summed E-state index contributed by atoms with van der Waals surface area (Å²) in [5.74, 6) is 0. The molecule has 290 valence electrons. The van der Waals surface area contributed by atoms with Crippen molar-refractivity contribution in [1.29, 1.82) is 0 Å². The highest BCUT2D eigenvalue weighted by atomic mass is 16.7. The van der Waals surface area contributed by atoms with Crippen molar-refractivity contribution in [3.8, 4) is 0 Å². The summed E-state index contributed by atoms with van der Waals surface area (Å²) < 4.78 is 5.47. The van der Waals surface area contributed by atoms with Gasteiger partial charge in [-0.15, -0.1) is 0 Å². The molecule has 2 saturated heterocycles. The molecule has 0 saturated carbocycles. The second kappa shape index (κ2) is 27.8. The van der Waals surface area contributed by atoms with Crippen LogP contribution in [0.1, 0.15) is 141 Å². The van der Waals surface area contributed by atoms with E-state index in [9.17, 15) is 14.4 Å². The maximum atomic E-state index is 13.0. The summed E-state index contributed by atoms with van der Waals surface area (Å²) in [5.41, 5.74) is 0.971. The molecule has 2 fully saturated rings. The van der Waals surface area contributed by atoms with Gasteiger partial charge in [0.1, 0.15) is 6.61 Å². The Bertz CT molecular complexity index is 1040. The molecule has 0 aliphatic carbocycles. The first-order valence-corrected chi connectivity index (χ1v) is 20.7. The van der Waals surface area contributed by atoms with Crippen molar-refractivity contribution < 1.29 is 24.0 Å². The number of rotatable bonds is 27. The Morgan fingerprint density at radius 1 is 0.804 bits per heavy atom. The van der Waals surface area contributed by atoms with E-state index in [0.717, 1.165) is 63.8 Å². The third-order valence-electron chi connectivity index (χ3n) is 10.5. The lowest BCUT2D eigenvalue weighted by atomic mass is 10.00. The van der Waals surface area contributed by atoms with E-state index >= 15 is 0 Å². The zero-order valence-electron chi connectivity index (χ0n) is 32.1. The summed E-state index contributed by atoms with van der Waals surface area (Å²) in [6.07, 6.45) is 25.8. The number of ether oxygens (including phenoxy) is 1. The Kier molecular flexibility index (Phi) is 23.2. The lowest BCUT2D eigenvalue weighted by molar-refractivity contribution is -0.175. The number of piperazine rings is 1. The van der Waals surface area contributed by atoms with E-state index in [0.29, 0.717) is 39.2 Å². The summed E-state index contributed by atoms with van der Waals surface area (Å²) in [7, 11) is 0. The maximum absolute atomic E-state index is 13.0. The highest BCUT2D eigenvalue weighted by Gasteiger charge is 2.27. The number of nitrogens with one attached hydrogen (secondary N) is 1. The fourth-order valence-corrected chi connectivity index (χ4v) is 7.20. The molecule has 1 aromatic carbocycles. The molecular weight excluding hydrogens is 642 g/mol. The Morgan fingerprint density at radius 3 is 2.02 bits per heavy atom. The average Bonchev–Trinajstić information content (AvgIpc) is 3.17. The number of amides is 4. The molecule has 3 rings (SSSR count). The SMILES string of the molecule is CCCCCCCCCCCCCCCCCCNC(=O)N1CCCCC1CCON(C=O)CCN1CCN(C(=O)OCc2ccccc2)CC1. The van der Waals surface area contributed by atoms with Gasteiger partial charge >= 0.3 is 12.1 Å². The van der Waals surface area contributed by atoms with Crippen LogP contribution in [0.3, 0.4) is 0 Å². The maximum Gasteiger partial charge on any atom is 0.410 e. The lowest BCUT2D eigenvalue weighted by Crippen LogP contribution is -2.50. The van der Waals surface area contributed by atoms with Crippen molar-refractivity contribution >= 4 is 18.5 Å². The van der Waals surface area contributed by atoms with Crippen molar-refractivity contribution in [3.63, 3.8) is 0 Å². The van der Waals surface area contributed by atoms with Crippen LogP contribution >= 0.6 is 0 Å². The summed E-state index contributed by atoms with van der Waals surface area (Å²) >= 11 is 0. The fourth-order valence-electron chi connectivity index (χ4n) is 7.20. The van der Waals surface area contributed by atoms with E-state index in [-0.39, 0.29) is 24.8 Å². The molecule has 1 atom stereocenters. The molecule has 1 aromatic rings. The van der Waals surface area contributed by atoms with Gasteiger partial charge in [0.25, 0.3) is 0 Å². The largest absolute Gasteiger partial charge is 0.445 e. The molecular formula is C41H71N5O5. The quantitative estimate of drug-likeness (QED) is 0.0558. The summed E-state index contributed by atoms with van der Waals surface area (Å²) in [4.78, 5) is 49.0. The number of carbonyl (C=O) groups is 3. The lowest BCUT2D eigenvalue weighted by Gasteiger charge is -2.36. The Balaban J connectivity index is 1.17. The predicted molar refractivity (Wildman–Crippen MR) is 205 cm³/mol. The molecule has 1 N–H and O–H groups in total. The van der Waals surface area contributed by atoms with Gasteiger partial charge in [-0.1, -0.05) is 134 Å².